The van der Waals surface area contributed by atoms with Gasteiger partial charge in [0.2, 0.25) is 0 Å². The van der Waals surface area contributed by atoms with Crippen molar-refractivity contribution in [1.29, 1.82) is 0 Å². The summed E-state index contributed by atoms with van der Waals surface area (Å²) in [6.45, 7) is 0. The smallest absolute Gasteiger partial charge is 0.254 e. The van der Waals surface area contributed by atoms with Crippen LogP contribution in [0, 0.1) is 0 Å². The lowest BCUT2D eigenvalue weighted by molar-refractivity contribution is 0.0546. The maximum absolute atomic E-state index is 13.1. The van der Waals surface area contributed by atoms with E-state index < -0.39 is 0 Å². The molecule has 0 N–H and O–H groups in total. The normalized spacial score (nSPS) is 20.7. The van der Waals surface area contributed by atoms with Gasteiger partial charge in [-0.1, -0.05) is 49.2 Å². The van der Waals surface area contributed by atoms with Crippen molar-refractivity contribution in [2.75, 3.05) is 21.1 Å². The molecule has 1 fully saturated rings. The second-order valence-electron chi connectivity index (χ2n) is 6.83. The van der Waals surface area contributed by atoms with Crippen LogP contribution in [0.25, 0.3) is 10.8 Å². The van der Waals surface area contributed by atoms with Gasteiger partial charge >= 0.3 is 0 Å². The summed E-state index contributed by atoms with van der Waals surface area (Å²) in [7, 11) is 6.22. The van der Waals surface area contributed by atoms with Gasteiger partial charge in [0.25, 0.3) is 5.91 Å². The zero-order valence-electron chi connectivity index (χ0n) is 14.7. The molecule has 2 aromatic rings. The summed E-state index contributed by atoms with van der Waals surface area (Å²) in [6, 6.07) is 14.9. The molecule has 0 spiro atoms. The van der Waals surface area contributed by atoms with Crippen LogP contribution in [0.15, 0.2) is 42.5 Å². The molecule has 0 unspecified atom stereocenters. The van der Waals surface area contributed by atoms with Gasteiger partial charge in [0.1, 0.15) is 0 Å². The molecule has 0 heterocycles. The molecule has 1 amide bonds. The lowest BCUT2D eigenvalue weighted by Crippen LogP contribution is -2.51. The molecule has 0 saturated heterocycles. The largest absolute Gasteiger partial charge is 0.337 e. The highest BCUT2D eigenvalue weighted by atomic mass is 35.5. The lowest BCUT2D eigenvalue weighted by atomic mass is 9.88. The summed E-state index contributed by atoms with van der Waals surface area (Å²) >= 11 is 0. The van der Waals surface area contributed by atoms with E-state index in [4.69, 9.17) is 0 Å². The Morgan fingerprint density at radius 1 is 0.917 bits per heavy atom. The number of benzene rings is 2. The van der Waals surface area contributed by atoms with Gasteiger partial charge in [0, 0.05) is 24.7 Å². The molecule has 2 aromatic carbocycles. The van der Waals surface area contributed by atoms with Crippen LogP contribution in [0.5, 0.6) is 0 Å². The fourth-order valence-corrected chi connectivity index (χ4v) is 3.90. The molecule has 1 saturated carbocycles. The van der Waals surface area contributed by atoms with Crippen LogP contribution in [-0.2, 0) is 0 Å². The van der Waals surface area contributed by atoms with E-state index in [1.54, 1.807) is 0 Å². The second-order valence-corrected chi connectivity index (χ2v) is 6.83. The minimum absolute atomic E-state index is 0. The SMILES string of the molecule is CN(C)[C@@H]1CCCC[C@H]1N(C)C(=O)c1cccc2ccccc12.Cl. The summed E-state index contributed by atoms with van der Waals surface area (Å²) < 4.78 is 0. The van der Waals surface area contributed by atoms with Gasteiger partial charge in [0.05, 0.1) is 0 Å². The van der Waals surface area contributed by atoms with E-state index in [1.165, 1.54) is 19.3 Å². The van der Waals surface area contributed by atoms with Crippen molar-refractivity contribution in [3.05, 3.63) is 48.0 Å². The van der Waals surface area contributed by atoms with Crippen molar-refractivity contribution in [2.45, 2.75) is 37.8 Å². The molecule has 3 nitrogen and oxygen atoms in total. The van der Waals surface area contributed by atoms with Crippen molar-refractivity contribution < 1.29 is 4.79 Å². The van der Waals surface area contributed by atoms with Crippen molar-refractivity contribution in [1.82, 2.24) is 9.80 Å². The predicted octanol–water partition coefficient (Wildman–Crippen LogP) is 4.21. The van der Waals surface area contributed by atoms with Gasteiger partial charge in [-0.15, -0.1) is 12.4 Å². The molecule has 3 rings (SSSR count). The van der Waals surface area contributed by atoms with Crippen molar-refractivity contribution in [3.63, 3.8) is 0 Å². The summed E-state index contributed by atoms with van der Waals surface area (Å²) in [6.07, 6.45) is 4.73. The fraction of sp³-hybridized carbons (Fsp3) is 0.450. The minimum Gasteiger partial charge on any atom is -0.337 e. The van der Waals surface area contributed by atoms with Gasteiger partial charge in [-0.25, -0.2) is 0 Å². The third-order valence-electron chi connectivity index (χ3n) is 5.20. The highest BCUT2D eigenvalue weighted by molar-refractivity contribution is 6.07. The minimum atomic E-state index is 0. The van der Waals surface area contributed by atoms with E-state index in [-0.39, 0.29) is 18.3 Å². The Kier molecular flexibility index (Phi) is 6.25. The van der Waals surface area contributed by atoms with Crippen LogP contribution in [0.3, 0.4) is 0 Å². The zero-order valence-corrected chi connectivity index (χ0v) is 15.6. The fourth-order valence-electron chi connectivity index (χ4n) is 3.90. The van der Waals surface area contributed by atoms with Crippen molar-refractivity contribution in [3.8, 4) is 0 Å². The average molecular weight is 347 g/mol. The van der Waals surface area contributed by atoms with Gasteiger partial charge in [-0.3, -0.25) is 4.79 Å². The molecule has 0 bridgehead atoms. The van der Waals surface area contributed by atoms with E-state index in [1.807, 2.05) is 42.3 Å². The number of halogens is 1. The molecule has 24 heavy (non-hydrogen) atoms. The van der Waals surface area contributed by atoms with E-state index in [0.29, 0.717) is 12.1 Å². The standard InChI is InChI=1S/C20H26N2O.ClH/c1-21(2)18-13-6-7-14-19(18)22(3)20(23)17-12-8-10-15-9-4-5-11-16(15)17;/h4-5,8-12,18-19H,6-7,13-14H2,1-3H3;1H/t18-,19-;/m1./s1. The van der Waals surface area contributed by atoms with Gasteiger partial charge in [-0.2, -0.15) is 0 Å². The first kappa shape index (κ1) is 18.8. The number of rotatable bonds is 3. The summed E-state index contributed by atoms with van der Waals surface area (Å²) in [5.74, 6) is 0.139. The highest BCUT2D eigenvalue weighted by Gasteiger charge is 2.32. The molecule has 0 aromatic heterocycles. The molecule has 1 aliphatic rings. The number of hydrogen-bond donors (Lipinski definition) is 0. The van der Waals surface area contributed by atoms with E-state index in [0.717, 1.165) is 22.8 Å². The Morgan fingerprint density at radius 2 is 1.54 bits per heavy atom. The first-order valence-electron chi connectivity index (χ1n) is 8.51. The maximum atomic E-state index is 13.1. The lowest BCUT2D eigenvalue weighted by Gasteiger charge is -2.41. The summed E-state index contributed by atoms with van der Waals surface area (Å²) in [5, 5.41) is 2.17. The van der Waals surface area contributed by atoms with Crippen LogP contribution in [0.4, 0.5) is 0 Å². The number of carbonyl (C=O) groups is 1. The third kappa shape index (κ3) is 3.57. The predicted molar refractivity (Wildman–Crippen MR) is 103 cm³/mol. The molecule has 2 atom stereocenters. The van der Waals surface area contributed by atoms with Gasteiger partial charge < -0.3 is 9.80 Å². The first-order valence-corrected chi connectivity index (χ1v) is 8.51. The Bertz CT molecular complexity index is 696. The zero-order chi connectivity index (χ0) is 16.4. The quantitative estimate of drug-likeness (QED) is 0.831. The maximum Gasteiger partial charge on any atom is 0.254 e. The molecule has 0 aliphatic heterocycles. The average Bonchev–Trinajstić information content (AvgIpc) is 2.60. The van der Waals surface area contributed by atoms with E-state index in [2.05, 4.69) is 31.1 Å². The van der Waals surface area contributed by atoms with E-state index in [9.17, 15) is 4.79 Å². The van der Waals surface area contributed by atoms with Gasteiger partial charge in [-0.05, 0) is 43.8 Å². The number of likely N-dealkylation sites (N-methyl/N-ethyl adjacent to an activating group) is 2. The van der Waals surface area contributed by atoms with Crippen LogP contribution >= 0.6 is 12.4 Å². The molecule has 0 radical (unpaired) electrons. The molecular formula is C20H27ClN2O. The van der Waals surface area contributed by atoms with Crippen LogP contribution in [-0.4, -0.2) is 48.9 Å². The Hall–Kier alpha value is -1.58. The highest BCUT2D eigenvalue weighted by Crippen LogP contribution is 2.27. The number of amides is 1. The Morgan fingerprint density at radius 3 is 2.25 bits per heavy atom. The first-order chi connectivity index (χ1) is 11.1. The van der Waals surface area contributed by atoms with E-state index >= 15 is 0 Å². The molecule has 130 valence electrons. The van der Waals surface area contributed by atoms with Gasteiger partial charge in [0.15, 0.2) is 0 Å². The Labute approximate surface area is 151 Å². The van der Waals surface area contributed by atoms with Crippen molar-refractivity contribution in [2.24, 2.45) is 0 Å². The number of hydrogen-bond acceptors (Lipinski definition) is 2. The molecule has 4 heteroatoms. The van der Waals surface area contributed by atoms with Crippen LogP contribution < -0.4 is 0 Å². The number of nitrogens with zero attached hydrogens (tertiary/aromatic N) is 2. The molecule has 1 aliphatic carbocycles. The number of fused-ring (bicyclic) bond motifs is 1. The Balaban J connectivity index is 0.00000208. The summed E-state index contributed by atoms with van der Waals surface area (Å²) in [4.78, 5) is 17.4. The second kappa shape index (κ2) is 8.00. The summed E-state index contributed by atoms with van der Waals surface area (Å²) in [5.41, 5.74) is 0.814. The monoisotopic (exact) mass is 346 g/mol. The molecular weight excluding hydrogens is 320 g/mol. The topological polar surface area (TPSA) is 23.6 Å². The van der Waals surface area contributed by atoms with Crippen LogP contribution in [0.1, 0.15) is 36.0 Å². The van der Waals surface area contributed by atoms with Crippen molar-refractivity contribution >= 4 is 29.1 Å². The number of carbonyl (C=O) groups excluding carboxylic acids is 1. The third-order valence-corrected chi connectivity index (χ3v) is 5.20. The van der Waals surface area contributed by atoms with Crippen LogP contribution in [0.2, 0.25) is 0 Å².